The van der Waals surface area contributed by atoms with Crippen molar-refractivity contribution in [3.63, 3.8) is 0 Å². The van der Waals surface area contributed by atoms with Crippen molar-refractivity contribution in [3.8, 4) is 0 Å². The minimum Gasteiger partial charge on any atom is -0.464 e. The van der Waals surface area contributed by atoms with E-state index >= 15 is 0 Å². The van der Waals surface area contributed by atoms with Crippen molar-refractivity contribution in [3.05, 3.63) is 0 Å². The number of hydrogen-bond acceptors (Lipinski definition) is 8. The fourth-order valence-corrected chi connectivity index (χ4v) is 3.25. The van der Waals surface area contributed by atoms with Crippen LogP contribution in [-0.2, 0) is 32.3 Å². The molecule has 8 nitrogen and oxygen atoms in total. The van der Waals surface area contributed by atoms with E-state index in [0.29, 0.717) is 0 Å². The number of aliphatic hydroxyl groups is 1. The van der Waals surface area contributed by atoms with Crippen LogP contribution in [0.2, 0.25) is 0 Å². The van der Waals surface area contributed by atoms with Crippen molar-refractivity contribution in [2.75, 3.05) is 40.9 Å². The van der Waals surface area contributed by atoms with Crippen LogP contribution in [0.25, 0.3) is 0 Å². The van der Waals surface area contributed by atoms with Crippen molar-refractivity contribution in [2.45, 2.75) is 36.3 Å². The zero-order valence-electron chi connectivity index (χ0n) is 17.6. The van der Waals surface area contributed by atoms with Gasteiger partial charge in [-0.15, -0.1) is 33.2 Å². The van der Waals surface area contributed by atoms with Gasteiger partial charge in [-0.2, -0.15) is 0 Å². The van der Waals surface area contributed by atoms with Crippen molar-refractivity contribution < 1.29 is 37.4 Å². The Morgan fingerprint density at radius 3 is 1.28 bits per heavy atom. The summed E-state index contributed by atoms with van der Waals surface area (Å²) < 4.78 is 23.7. The summed E-state index contributed by atoms with van der Waals surface area (Å²) in [5.41, 5.74) is 0. The molecule has 0 amide bonds. The van der Waals surface area contributed by atoms with E-state index in [9.17, 15) is 9.59 Å². The Labute approximate surface area is 205 Å². The lowest BCUT2D eigenvalue weighted by Gasteiger charge is -2.25. The number of carbonyl (C=O) groups is 2. The molecule has 0 aromatic carbocycles. The Morgan fingerprint density at radius 2 is 1.07 bits per heavy atom. The van der Waals surface area contributed by atoms with Crippen LogP contribution in [0.4, 0.5) is 0 Å². The average molecular weight is 648 g/mol. The van der Waals surface area contributed by atoms with Gasteiger partial charge < -0.3 is 27.9 Å². The van der Waals surface area contributed by atoms with Gasteiger partial charge in [0.25, 0.3) is 0 Å². The van der Waals surface area contributed by atoms with E-state index in [1.54, 1.807) is 27.7 Å². The number of esters is 2. The molecule has 0 aliphatic carbocycles. The van der Waals surface area contributed by atoms with Crippen molar-refractivity contribution in [1.29, 1.82) is 0 Å². The first kappa shape index (κ1) is 34.7. The van der Waals surface area contributed by atoms with E-state index < -0.39 is 29.4 Å². The highest BCUT2D eigenvalue weighted by molar-refractivity contribution is 9.10. The van der Waals surface area contributed by atoms with Crippen LogP contribution in [0, 0.1) is 0 Å². The molecular formula is C14H29Br2Cl3O8Si2. The smallest absolute Gasteiger partial charge is 0.464 e. The molecule has 15 heteroatoms. The monoisotopic (exact) mass is 644 g/mol. The minimum absolute atomic E-state index is 0.00433. The van der Waals surface area contributed by atoms with Gasteiger partial charge in [-0.05, 0) is 27.7 Å². The number of hydrogen-bond donors (Lipinski definition) is 1. The van der Waals surface area contributed by atoms with Gasteiger partial charge >= 0.3 is 26.7 Å². The SMILES string of the molecule is CC(C)(Br)C(=O)OC[Si](Cl)(Cl)Cl.CO.CO[Si](COC(=O)C(C)(C)Br)(OC)OC. The van der Waals surface area contributed by atoms with E-state index in [1.807, 2.05) is 0 Å². The Bertz CT molecular complexity index is 471. The quantitative estimate of drug-likeness (QED) is 0.175. The van der Waals surface area contributed by atoms with Gasteiger partial charge in [0.05, 0.1) is 0 Å². The van der Waals surface area contributed by atoms with Gasteiger partial charge in [-0.25, -0.2) is 0 Å². The summed E-state index contributed by atoms with van der Waals surface area (Å²) in [4.78, 5) is 22.5. The molecule has 0 bridgehead atoms. The summed E-state index contributed by atoms with van der Waals surface area (Å²) in [5.74, 6) is -0.813. The fraction of sp³-hybridized carbons (Fsp3) is 0.857. The third kappa shape index (κ3) is 18.3. The predicted octanol–water partition coefficient (Wildman–Crippen LogP) is 3.63. The average Bonchev–Trinajstić information content (AvgIpc) is 2.61. The van der Waals surface area contributed by atoms with E-state index in [2.05, 4.69) is 31.9 Å². The second-order valence-electron chi connectivity index (χ2n) is 6.01. The highest BCUT2D eigenvalue weighted by Crippen LogP contribution is 2.23. The fourth-order valence-electron chi connectivity index (χ4n) is 1.07. The molecule has 0 saturated heterocycles. The van der Waals surface area contributed by atoms with Gasteiger partial charge in [-0.1, -0.05) is 31.9 Å². The van der Waals surface area contributed by atoms with Gasteiger partial charge in [0.2, 0.25) is 0 Å². The first-order chi connectivity index (χ1) is 12.9. The molecule has 0 unspecified atom stereocenters. The molecule has 176 valence electrons. The summed E-state index contributed by atoms with van der Waals surface area (Å²) >= 11 is 22.8. The van der Waals surface area contributed by atoms with Crippen LogP contribution >= 0.6 is 65.1 Å². The van der Waals surface area contributed by atoms with Crippen LogP contribution in [0.15, 0.2) is 0 Å². The second kappa shape index (κ2) is 15.8. The van der Waals surface area contributed by atoms with E-state index in [0.717, 1.165) is 7.11 Å². The van der Waals surface area contributed by atoms with Crippen molar-refractivity contribution in [2.24, 2.45) is 0 Å². The number of halogens is 5. The third-order valence-electron chi connectivity index (χ3n) is 2.65. The molecule has 0 atom stereocenters. The van der Waals surface area contributed by atoms with Crippen LogP contribution in [0.3, 0.4) is 0 Å². The number of ether oxygens (including phenoxy) is 2. The number of aliphatic hydroxyl groups excluding tert-OH is 1. The zero-order valence-corrected chi connectivity index (χ0v) is 25.0. The van der Waals surface area contributed by atoms with Gasteiger partial charge in [0.1, 0.15) is 14.9 Å². The van der Waals surface area contributed by atoms with E-state index in [1.165, 1.54) is 21.3 Å². The highest BCUT2D eigenvalue weighted by Gasteiger charge is 2.41. The molecule has 0 aromatic heterocycles. The Balaban J connectivity index is -0.000000438. The van der Waals surface area contributed by atoms with Gasteiger partial charge in [0, 0.05) is 28.4 Å². The maximum Gasteiger partial charge on any atom is 0.539 e. The molecule has 0 aliphatic rings. The highest BCUT2D eigenvalue weighted by atomic mass is 79.9. The Morgan fingerprint density at radius 1 is 0.793 bits per heavy atom. The molecule has 0 fully saturated rings. The molecule has 0 heterocycles. The number of carbonyl (C=O) groups excluding carboxylic acids is 2. The van der Waals surface area contributed by atoms with Crippen molar-refractivity contribution >= 4 is 91.8 Å². The topological polar surface area (TPSA) is 101 Å². The maximum absolute atomic E-state index is 11.4. The largest absolute Gasteiger partial charge is 0.539 e. The predicted molar refractivity (Wildman–Crippen MR) is 126 cm³/mol. The standard InChI is InChI=1S/C8H17BrO5Si.C5H8BrCl3O2Si.CH4O/c1-8(2,9)7(10)14-6-15(11-3,12-4)13-5;1-5(2,6)4(10)11-3-12(7,8)9;1-2/h6H2,1-5H3;3H2,1-2H3;2H,1H3. The van der Waals surface area contributed by atoms with Gasteiger partial charge in [-0.3, -0.25) is 9.59 Å². The third-order valence-corrected chi connectivity index (χ3v) is 7.12. The lowest BCUT2D eigenvalue weighted by atomic mass is 10.2. The molecule has 29 heavy (non-hydrogen) atoms. The molecular weight excluding hydrogens is 618 g/mol. The second-order valence-corrected chi connectivity index (χ2v) is 21.9. The summed E-state index contributed by atoms with van der Waals surface area (Å²) in [5, 5.41) is 7.00. The van der Waals surface area contributed by atoms with Crippen LogP contribution < -0.4 is 0 Å². The Kier molecular flexibility index (Phi) is 18.9. The summed E-state index contributed by atoms with van der Waals surface area (Å²) in [6.45, 7) is 6.72. The zero-order chi connectivity index (χ0) is 24.1. The van der Waals surface area contributed by atoms with E-state index in [-0.39, 0.29) is 18.4 Å². The van der Waals surface area contributed by atoms with Crippen LogP contribution in [0.5, 0.6) is 0 Å². The normalized spacial score (nSPS) is 12.1. The molecule has 1 N–H and O–H groups in total. The first-order valence-corrected chi connectivity index (χ1v) is 16.6. The van der Waals surface area contributed by atoms with Crippen LogP contribution in [0.1, 0.15) is 27.7 Å². The molecule has 0 aromatic rings. The molecule has 0 aliphatic heterocycles. The van der Waals surface area contributed by atoms with E-state index in [4.69, 9.17) is 61.1 Å². The molecule has 0 radical (unpaired) electrons. The summed E-state index contributed by atoms with van der Waals surface area (Å²) in [6.07, 6.45) is -0.101. The number of alkyl halides is 2. The first-order valence-electron chi connectivity index (χ1n) is 7.83. The van der Waals surface area contributed by atoms with Crippen molar-refractivity contribution in [1.82, 2.24) is 0 Å². The molecule has 0 spiro atoms. The number of rotatable bonds is 9. The van der Waals surface area contributed by atoms with Gasteiger partial charge in [0.15, 0.2) is 6.23 Å². The lowest BCUT2D eigenvalue weighted by Crippen LogP contribution is -2.49. The Hall–Kier alpha value is 1.04. The maximum atomic E-state index is 11.4. The summed E-state index contributed by atoms with van der Waals surface area (Å²) in [6, 6.07) is -2.85. The van der Waals surface area contributed by atoms with Crippen LogP contribution in [-0.4, -0.2) is 81.4 Å². The minimum atomic E-state index is -2.85. The summed E-state index contributed by atoms with van der Waals surface area (Å²) in [7, 11) is 2.57. The molecule has 0 rings (SSSR count). The lowest BCUT2D eigenvalue weighted by molar-refractivity contribution is -0.145. The molecule has 0 saturated carbocycles.